The summed E-state index contributed by atoms with van der Waals surface area (Å²) in [5, 5.41) is 0. The number of hydrogen-bond acceptors (Lipinski definition) is 4. The quantitative estimate of drug-likeness (QED) is 0.311. The maximum Gasteiger partial charge on any atom is 0.148 e. The number of rotatable bonds is 7. The van der Waals surface area contributed by atoms with Crippen molar-refractivity contribution >= 4 is 21.8 Å². The molecule has 1 aromatic rings. The molecule has 0 radical (unpaired) electrons. The molecular formula is C11H15NOS2. The van der Waals surface area contributed by atoms with Gasteiger partial charge in [-0.1, -0.05) is 46.5 Å². The predicted octanol–water partition coefficient (Wildman–Crippen LogP) is 3.78. The molecule has 0 saturated carbocycles. The lowest BCUT2D eigenvalue weighted by molar-refractivity contribution is 0.0649. The van der Waals surface area contributed by atoms with Crippen molar-refractivity contribution in [1.29, 1.82) is 0 Å². The molecule has 0 amide bonds. The van der Waals surface area contributed by atoms with Crippen molar-refractivity contribution in [1.82, 2.24) is 4.47 Å². The van der Waals surface area contributed by atoms with Crippen molar-refractivity contribution in [3.8, 4) is 5.75 Å². The van der Waals surface area contributed by atoms with Crippen LogP contribution >= 0.6 is 21.8 Å². The van der Waals surface area contributed by atoms with E-state index in [4.69, 9.17) is 4.84 Å². The van der Waals surface area contributed by atoms with Gasteiger partial charge < -0.3 is 4.84 Å². The molecule has 0 aliphatic rings. The molecule has 2 nitrogen and oxygen atoms in total. The minimum atomic E-state index is 0.701. The average Bonchev–Trinajstić information content (AvgIpc) is 2.28. The molecule has 0 aliphatic heterocycles. The summed E-state index contributed by atoms with van der Waals surface area (Å²) >= 11 is 0. The summed E-state index contributed by atoms with van der Waals surface area (Å²) in [5.41, 5.74) is 0. The third kappa shape index (κ3) is 5.16. The van der Waals surface area contributed by atoms with Gasteiger partial charge in [-0.15, -0.1) is 6.58 Å². The Labute approximate surface area is 99.2 Å². The Bertz CT molecular complexity index is 279. The van der Waals surface area contributed by atoms with Crippen LogP contribution in [0.4, 0.5) is 0 Å². The summed E-state index contributed by atoms with van der Waals surface area (Å²) in [5.74, 6) is 1.90. The maximum atomic E-state index is 5.66. The Morgan fingerprint density at radius 3 is 2.73 bits per heavy atom. The summed E-state index contributed by atoms with van der Waals surface area (Å²) in [4.78, 5) is 5.66. The second kappa shape index (κ2) is 7.68. The molecule has 0 atom stereocenters. The van der Waals surface area contributed by atoms with E-state index >= 15 is 0 Å². The fourth-order valence-electron chi connectivity index (χ4n) is 0.899. The molecule has 0 unspecified atom stereocenters. The smallest absolute Gasteiger partial charge is 0.148 e. The second-order valence-corrected chi connectivity index (χ2v) is 5.21. The highest BCUT2D eigenvalue weighted by Gasteiger charge is 2.05. The summed E-state index contributed by atoms with van der Waals surface area (Å²) < 4.78 is 1.82. The van der Waals surface area contributed by atoms with Crippen LogP contribution in [0.15, 0.2) is 43.0 Å². The van der Waals surface area contributed by atoms with Crippen molar-refractivity contribution in [2.75, 3.05) is 12.3 Å². The maximum absolute atomic E-state index is 5.66. The Morgan fingerprint density at radius 2 is 2.13 bits per heavy atom. The van der Waals surface area contributed by atoms with Gasteiger partial charge in [0.25, 0.3) is 0 Å². The number of hydrogen-bond donors (Lipinski definition) is 0. The summed E-state index contributed by atoms with van der Waals surface area (Å²) in [6, 6.07) is 9.76. The molecule has 0 saturated heterocycles. The molecule has 0 fully saturated rings. The zero-order chi connectivity index (χ0) is 10.9. The molecule has 0 aliphatic carbocycles. The van der Waals surface area contributed by atoms with Gasteiger partial charge in [0.2, 0.25) is 0 Å². The van der Waals surface area contributed by atoms with E-state index < -0.39 is 0 Å². The predicted molar refractivity (Wildman–Crippen MR) is 69.7 cm³/mol. The van der Waals surface area contributed by atoms with Crippen LogP contribution in [0.3, 0.4) is 0 Å². The Balaban J connectivity index is 2.46. The molecule has 82 valence electrons. The van der Waals surface area contributed by atoms with Gasteiger partial charge in [0.05, 0.1) is 6.54 Å². The molecular weight excluding hydrogens is 226 g/mol. The number of hydroxylamine groups is 1. The SMILES string of the molecule is C=CCN(Oc1ccccc1)SSCC. The first-order valence-electron chi connectivity index (χ1n) is 4.78. The van der Waals surface area contributed by atoms with E-state index in [1.807, 2.05) is 40.9 Å². The molecule has 0 heterocycles. The second-order valence-electron chi connectivity index (χ2n) is 2.69. The minimum Gasteiger partial charge on any atom is -0.394 e. The molecule has 0 spiro atoms. The topological polar surface area (TPSA) is 12.5 Å². The highest BCUT2D eigenvalue weighted by molar-refractivity contribution is 8.75. The Kier molecular flexibility index (Phi) is 6.39. The largest absolute Gasteiger partial charge is 0.394 e. The zero-order valence-corrected chi connectivity index (χ0v) is 10.4. The van der Waals surface area contributed by atoms with Crippen molar-refractivity contribution < 1.29 is 4.84 Å². The number of benzene rings is 1. The van der Waals surface area contributed by atoms with E-state index in [0.717, 1.165) is 11.5 Å². The molecule has 0 N–H and O–H groups in total. The monoisotopic (exact) mass is 241 g/mol. The average molecular weight is 241 g/mol. The highest BCUT2D eigenvalue weighted by atomic mass is 33.1. The van der Waals surface area contributed by atoms with Gasteiger partial charge in [0.15, 0.2) is 0 Å². The first kappa shape index (κ1) is 12.5. The van der Waals surface area contributed by atoms with Crippen LogP contribution in [0, 0.1) is 0 Å². The van der Waals surface area contributed by atoms with Crippen LogP contribution in [-0.2, 0) is 0 Å². The number of para-hydroxylation sites is 1. The summed E-state index contributed by atoms with van der Waals surface area (Å²) in [6.07, 6.45) is 1.83. The first-order valence-corrected chi connectivity index (χ1v) is 7.05. The van der Waals surface area contributed by atoms with E-state index in [9.17, 15) is 0 Å². The van der Waals surface area contributed by atoms with Gasteiger partial charge >= 0.3 is 0 Å². The van der Waals surface area contributed by atoms with Crippen LogP contribution in [0.5, 0.6) is 5.75 Å². The van der Waals surface area contributed by atoms with E-state index in [2.05, 4.69) is 13.5 Å². The molecule has 0 bridgehead atoms. The minimum absolute atomic E-state index is 0.701. The molecule has 15 heavy (non-hydrogen) atoms. The van der Waals surface area contributed by atoms with Gasteiger partial charge in [-0.2, -0.15) is 0 Å². The standard InChI is InChI=1S/C11H15NOS2/c1-3-10-12(15-14-4-2)13-11-8-6-5-7-9-11/h3,5-9H,1,4,10H2,2H3. The lowest BCUT2D eigenvalue weighted by Gasteiger charge is -2.18. The lowest BCUT2D eigenvalue weighted by atomic mass is 10.3. The van der Waals surface area contributed by atoms with E-state index in [0.29, 0.717) is 6.54 Å². The molecule has 1 rings (SSSR count). The van der Waals surface area contributed by atoms with Gasteiger partial charge in [-0.05, 0) is 12.1 Å². The van der Waals surface area contributed by atoms with Crippen molar-refractivity contribution in [3.05, 3.63) is 43.0 Å². The van der Waals surface area contributed by atoms with Crippen LogP contribution in [0.2, 0.25) is 0 Å². The van der Waals surface area contributed by atoms with E-state index in [-0.39, 0.29) is 0 Å². The molecule has 1 aromatic carbocycles. The van der Waals surface area contributed by atoms with Gasteiger partial charge in [0.1, 0.15) is 5.75 Å². The van der Waals surface area contributed by atoms with Gasteiger partial charge in [0, 0.05) is 16.7 Å². The van der Waals surface area contributed by atoms with Crippen LogP contribution in [0.25, 0.3) is 0 Å². The van der Waals surface area contributed by atoms with Crippen molar-refractivity contribution in [3.63, 3.8) is 0 Å². The third-order valence-corrected chi connectivity index (χ3v) is 3.74. The third-order valence-electron chi connectivity index (χ3n) is 1.48. The fourth-order valence-corrected chi connectivity index (χ4v) is 2.35. The normalized spacial score (nSPS) is 10.3. The number of nitrogens with zero attached hydrogens (tertiary/aromatic N) is 1. The summed E-state index contributed by atoms with van der Waals surface area (Å²) in [7, 11) is 3.34. The first-order chi connectivity index (χ1) is 7.36. The van der Waals surface area contributed by atoms with E-state index in [1.165, 1.54) is 0 Å². The van der Waals surface area contributed by atoms with Crippen LogP contribution in [-0.4, -0.2) is 16.8 Å². The molecule has 0 aromatic heterocycles. The molecule has 4 heteroatoms. The zero-order valence-electron chi connectivity index (χ0n) is 8.76. The van der Waals surface area contributed by atoms with Gasteiger partial charge in [-0.3, -0.25) is 0 Å². The Morgan fingerprint density at radius 1 is 1.40 bits per heavy atom. The van der Waals surface area contributed by atoms with Crippen molar-refractivity contribution in [2.24, 2.45) is 0 Å². The highest BCUT2D eigenvalue weighted by Crippen LogP contribution is 2.26. The summed E-state index contributed by atoms with van der Waals surface area (Å²) in [6.45, 7) is 6.52. The van der Waals surface area contributed by atoms with Gasteiger partial charge in [-0.25, -0.2) is 0 Å². The van der Waals surface area contributed by atoms with Crippen LogP contribution < -0.4 is 4.84 Å². The van der Waals surface area contributed by atoms with Crippen LogP contribution in [0.1, 0.15) is 6.92 Å². The fraction of sp³-hybridized carbons (Fsp3) is 0.273. The Hall–Kier alpha value is -0.580. The van der Waals surface area contributed by atoms with Crippen molar-refractivity contribution in [2.45, 2.75) is 6.92 Å². The lowest BCUT2D eigenvalue weighted by Crippen LogP contribution is -2.18. The van der Waals surface area contributed by atoms with E-state index in [1.54, 1.807) is 21.8 Å².